The molecule has 0 amide bonds. The summed E-state index contributed by atoms with van der Waals surface area (Å²) in [6.07, 6.45) is 0. The molecule has 88 valence electrons. The van der Waals surface area contributed by atoms with E-state index in [2.05, 4.69) is 5.10 Å². The minimum absolute atomic E-state index is 0.356. The van der Waals surface area contributed by atoms with Crippen LogP contribution in [0.15, 0.2) is 30.3 Å². The van der Waals surface area contributed by atoms with Crippen LogP contribution in [0, 0.1) is 6.92 Å². The Morgan fingerprint density at radius 3 is 2.53 bits per heavy atom. The smallest absolute Gasteiger partial charge is 0.270 e. The molecule has 5 heteroatoms. The second kappa shape index (κ2) is 4.59. The Labute approximate surface area is 104 Å². The van der Waals surface area contributed by atoms with Crippen LogP contribution in [0.1, 0.15) is 16.2 Å². The molecule has 0 unspecified atom stereocenters. The molecule has 2 aromatic rings. The van der Waals surface area contributed by atoms with Gasteiger partial charge in [-0.15, -0.1) is 0 Å². The number of nitrogens with zero attached hydrogens (tertiary/aromatic N) is 2. The lowest BCUT2D eigenvalue weighted by Crippen LogP contribution is -2.04. The van der Waals surface area contributed by atoms with E-state index < -0.39 is 5.24 Å². The largest absolute Gasteiger partial charge is 0.497 e. The third kappa shape index (κ3) is 2.31. The molecule has 0 aliphatic carbocycles. The lowest BCUT2D eigenvalue weighted by molar-refractivity contribution is 0.107. The van der Waals surface area contributed by atoms with E-state index in [0.29, 0.717) is 5.69 Å². The van der Waals surface area contributed by atoms with E-state index >= 15 is 0 Å². The predicted octanol–water partition coefficient (Wildman–Crippen LogP) is 2.57. The molecule has 1 heterocycles. The molecule has 0 saturated heterocycles. The standard InChI is InChI=1S/C12H11ClN2O2/c1-8-7-11(12(13)16)15(14-8)9-3-5-10(17-2)6-4-9/h3-7H,1-2H3. The van der Waals surface area contributed by atoms with Gasteiger partial charge in [0.05, 0.1) is 18.5 Å². The topological polar surface area (TPSA) is 44.1 Å². The highest BCUT2D eigenvalue weighted by atomic mass is 35.5. The maximum absolute atomic E-state index is 11.3. The molecule has 0 N–H and O–H groups in total. The average molecular weight is 251 g/mol. The summed E-state index contributed by atoms with van der Waals surface area (Å²) in [7, 11) is 1.60. The number of hydrogen-bond donors (Lipinski definition) is 0. The second-order valence-electron chi connectivity index (χ2n) is 3.55. The molecule has 0 aliphatic rings. The van der Waals surface area contributed by atoms with Gasteiger partial charge < -0.3 is 4.74 Å². The molecule has 0 aliphatic heterocycles. The summed E-state index contributed by atoms with van der Waals surface area (Å²) in [5.41, 5.74) is 1.86. The molecular formula is C12H11ClN2O2. The van der Waals surface area contributed by atoms with Crippen LogP contribution in [0.5, 0.6) is 5.75 Å². The normalized spacial score (nSPS) is 10.3. The third-order valence-electron chi connectivity index (χ3n) is 2.35. The second-order valence-corrected chi connectivity index (χ2v) is 3.90. The maximum Gasteiger partial charge on any atom is 0.270 e. The summed E-state index contributed by atoms with van der Waals surface area (Å²) in [5, 5.41) is 3.70. The van der Waals surface area contributed by atoms with E-state index in [-0.39, 0.29) is 0 Å². The highest BCUT2D eigenvalue weighted by Gasteiger charge is 2.12. The van der Waals surface area contributed by atoms with E-state index in [1.165, 1.54) is 4.68 Å². The van der Waals surface area contributed by atoms with Gasteiger partial charge in [0.1, 0.15) is 11.4 Å². The zero-order chi connectivity index (χ0) is 12.4. The van der Waals surface area contributed by atoms with Crippen molar-refractivity contribution < 1.29 is 9.53 Å². The van der Waals surface area contributed by atoms with Gasteiger partial charge in [0, 0.05) is 0 Å². The van der Waals surface area contributed by atoms with Crippen LogP contribution in [-0.2, 0) is 0 Å². The Kier molecular flexibility index (Phi) is 3.15. The zero-order valence-electron chi connectivity index (χ0n) is 9.48. The number of carbonyl (C=O) groups excluding carboxylic acids is 1. The van der Waals surface area contributed by atoms with E-state index in [9.17, 15) is 4.79 Å². The van der Waals surface area contributed by atoms with Crippen LogP contribution in [0.3, 0.4) is 0 Å². The third-order valence-corrected chi connectivity index (χ3v) is 2.54. The van der Waals surface area contributed by atoms with Gasteiger partial charge in [0.15, 0.2) is 0 Å². The number of aryl methyl sites for hydroxylation is 1. The molecule has 0 saturated carbocycles. The van der Waals surface area contributed by atoms with Gasteiger partial charge in [-0.05, 0) is 48.9 Å². The first kappa shape index (κ1) is 11.7. The van der Waals surface area contributed by atoms with Crippen LogP contribution in [0.2, 0.25) is 0 Å². The monoisotopic (exact) mass is 250 g/mol. The number of ether oxygens (including phenoxy) is 1. The molecule has 0 fully saturated rings. The molecule has 0 atom stereocenters. The van der Waals surface area contributed by atoms with Crippen molar-refractivity contribution in [3.63, 3.8) is 0 Å². The first-order chi connectivity index (χ1) is 8.11. The van der Waals surface area contributed by atoms with Gasteiger partial charge in [0.25, 0.3) is 5.24 Å². The van der Waals surface area contributed by atoms with Gasteiger partial charge in [-0.1, -0.05) is 0 Å². The Hall–Kier alpha value is -1.81. The van der Waals surface area contributed by atoms with Crippen molar-refractivity contribution in [3.05, 3.63) is 41.7 Å². The Morgan fingerprint density at radius 2 is 2.00 bits per heavy atom. The SMILES string of the molecule is COc1ccc(-n2nc(C)cc2C(=O)Cl)cc1. The highest BCUT2D eigenvalue weighted by Crippen LogP contribution is 2.18. The van der Waals surface area contributed by atoms with Crippen molar-refractivity contribution in [2.24, 2.45) is 0 Å². The van der Waals surface area contributed by atoms with Crippen molar-refractivity contribution >= 4 is 16.8 Å². The fraction of sp³-hybridized carbons (Fsp3) is 0.167. The molecule has 0 radical (unpaired) electrons. The van der Waals surface area contributed by atoms with Gasteiger partial charge >= 0.3 is 0 Å². The van der Waals surface area contributed by atoms with Gasteiger partial charge in [-0.25, -0.2) is 4.68 Å². The average Bonchev–Trinajstić information content (AvgIpc) is 2.72. The molecule has 17 heavy (non-hydrogen) atoms. The van der Waals surface area contributed by atoms with E-state index in [1.54, 1.807) is 25.3 Å². The lowest BCUT2D eigenvalue weighted by atomic mass is 10.3. The molecular weight excluding hydrogens is 240 g/mol. The Bertz CT molecular complexity index is 546. The van der Waals surface area contributed by atoms with Gasteiger partial charge in [-0.2, -0.15) is 5.10 Å². The van der Waals surface area contributed by atoms with Crippen molar-refractivity contribution in [1.29, 1.82) is 0 Å². The number of rotatable bonds is 3. The Balaban J connectivity index is 2.48. The molecule has 1 aromatic heterocycles. The van der Waals surface area contributed by atoms with Crippen LogP contribution in [-0.4, -0.2) is 22.1 Å². The van der Waals surface area contributed by atoms with E-state index in [4.69, 9.17) is 16.3 Å². The molecule has 2 rings (SSSR count). The van der Waals surface area contributed by atoms with E-state index in [1.807, 2.05) is 19.1 Å². The number of aromatic nitrogens is 2. The van der Waals surface area contributed by atoms with E-state index in [0.717, 1.165) is 17.1 Å². The van der Waals surface area contributed by atoms with Crippen molar-refractivity contribution in [3.8, 4) is 11.4 Å². The molecule has 4 nitrogen and oxygen atoms in total. The fourth-order valence-corrected chi connectivity index (χ4v) is 1.69. The lowest BCUT2D eigenvalue weighted by Gasteiger charge is -2.05. The number of benzene rings is 1. The minimum atomic E-state index is -0.526. The maximum atomic E-state index is 11.3. The molecule has 1 aromatic carbocycles. The van der Waals surface area contributed by atoms with Crippen LogP contribution in [0.4, 0.5) is 0 Å². The summed E-state index contributed by atoms with van der Waals surface area (Å²) in [6.45, 7) is 1.81. The van der Waals surface area contributed by atoms with Gasteiger partial charge in [-0.3, -0.25) is 4.79 Å². The van der Waals surface area contributed by atoms with Crippen LogP contribution < -0.4 is 4.74 Å². The number of carbonyl (C=O) groups is 1. The number of halogens is 1. The summed E-state index contributed by atoms with van der Waals surface area (Å²) >= 11 is 5.51. The number of methoxy groups -OCH3 is 1. The van der Waals surface area contributed by atoms with Crippen molar-refractivity contribution in [2.75, 3.05) is 7.11 Å². The van der Waals surface area contributed by atoms with Crippen LogP contribution in [0.25, 0.3) is 5.69 Å². The summed E-state index contributed by atoms with van der Waals surface area (Å²) in [6, 6.07) is 8.88. The van der Waals surface area contributed by atoms with Crippen LogP contribution >= 0.6 is 11.6 Å². The summed E-state index contributed by atoms with van der Waals surface area (Å²) in [4.78, 5) is 11.3. The first-order valence-corrected chi connectivity index (χ1v) is 5.40. The highest BCUT2D eigenvalue weighted by molar-refractivity contribution is 6.67. The quantitative estimate of drug-likeness (QED) is 0.787. The Morgan fingerprint density at radius 1 is 1.35 bits per heavy atom. The van der Waals surface area contributed by atoms with Crippen molar-refractivity contribution in [1.82, 2.24) is 9.78 Å². The predicted molar refractivity (Wildman–Crippen MR) is 65.0 cm³/mol. The molecule has 0 bridgehead atoms. The minimum Gasteiger partial charge on any atom is -0.497 e. The van der Waals surface area contributed by atoms with Gasteiger partial charge in [0.2, 0.25) is 0 Å². The summed E-state index contributed by atoms with van der Waals surface area (Å²) in [5.74, 6) is 0.747. The first-order valence-electron chi connectivity index (χ1n) is 5.03. The van der Waals surface area contributed by atoms with Crippen molar-refractivity contribution in [2.45, 2.75) is 6.92 Å². The zero-order valence-corrected chi connectivity index (χ0v) is 10.2. The number of hydrogen-bond acceptors (Lipinski definition) is 3. The fourth-order valence-electron chi connectivity index (χ4n) is 1.56. The molecule has 0 spiro atoms. The summed E-state index contributed by atoms with van der Waals surface area (Å²) < 4.78 is 6.58.